The molecule has 11 heteroatoms. The first kappa shape index (κ1) is 25.4. The molecule has 5 rings (SSSR count). The fourth-order valence-corrected chi connectivity index (χ4v) is 4.23. The molecule has 38 heavy (non-hydrogen) atoms. The molecular formula is C27H25F3N6O2. The van der Waals surface area contributed by atoms with Crippen molar-refractivity contribution in [3.8, 4) is 22.6 Å². The van der Waals surface area contributed by atoms with Gasteiger partial charge in [-0.15, -0.1) is 10.2 Å². The van der Waals surface area contributed by atoms with Crippen molar-refractivity contribution < 1.29 is 22.4 Å². The maximum Gasteiger partial charge on any atom is 0.324 e. The molecule has 1 saturated heterocycles. The maximum absolute atomic E-state index is 15.2. The largest absolute Gasteiger partial charge is 0.415 e. The van der Waals surface area contributed by atoms with Crippen LogP contribution in [0.3, 0.4) is 0 Å². The Morgan fingerprint density at radius 2 is 1.61 bits per heavy atom. The second-order valence-electron chi connectivity index (χ2n) is 8.99. The highest BCUT2D eigenvalue weighted by molar-refractivity contribution is 5.92. The van der Waals surface area contributed by atoms with Crippen molar-refractivity contribution in [2.24, 2.45) is 0 Å². The number of hydrogen-bond acceptors (Lipinski definition) is 6. The number of hydrogen-bond donors (Lipinski definition) is 0. The first-order chi connectivity index (χ1) is 18.4. The average Bonchev–Trinajstić information content (AvgIpc) is 3.44. The maximum atomic E-state index is 15.2. The predicted molar refractivity (Wildman–Crippen MR) is 135 cm³/mol. The Labute approximate surface area is 217 Å². The molecule has 0 unspecified atom stereocenters. The zero-order valence-electron chi connectivity index (χ0n) is 20.6. The van der Waals surface area contributed by atoms with Crippen molar-refractivity contribution in [1.82, 2.24) is 25.0 Å². The number of rotatable bonds is 6. The summed E-state index contributed by atoms with van der Waals surface area (Å²) in [5, 5.41) is 6.86. The van der Waals surface area contributed by atoms with Gasteiger partial charge >= 0.3 is 12.5 Å². The number of halogens is 3. The minimum absolute atomic E-state index is 0.0298. The number of carbonyl (C=O) groups is 1. The molecule has 0 bridgehead atoms. The van der Waals surface area contributed by atoms with E-state index < -0.39 is 18.1 Å². The SMILES string of the molecule is CN1CCN(C(=O)N(Cc2ccc(-c3nnc(C(F)F)o3)cc2F)c2ccc(-c3ccncc3)cc2)CC1. The molecule has 2 aromatic carbocycles. The summed E-state index contributed by atoms with van der Waals surface area (Å²) in [5.74, 6) is -1.66. The zero-order chi connectivity index (χ0) is 26.6. The second kappa shape index (κ2) is 11.0. The van der Waals surface area contributed by atoms with Gasteiger partial charge in [-0.1, -0.05) is 18.2 Å². The Bertz CT molecular complexity index is 1390. The normalized spacial score (nSPS) is 14.2. The average molecular weight is 523 g/mol. The van der Waals surface area contributed by atoms with Crippen LogP contribution in [0.15, 0.2) is 71.4 Å². The van der Waals surface area contributed by atoms with Crippen LogP contribution in [0.5, 0.6) is 0 Å². The van der Waals surface area contributed by atoms with Crippen molar-refractivity contribution in [2.75, 3.05) is 38.1 Å². The van der Waals surface area contributed by atoms with Crippen LogP contribution < -0.4 is 4.90 Å². The van der Waals surface area contributed by atoms with Crippen LogP contribution >= 0.6 is 0 Å². The highest BCUT2D eigenvalue weighted by Gasteiger charge is 2.26. The van der Waals surface area contributed by atoms with Crippen molar-refractivity contribution in [3.63, 3.8) is 0 Å². The van der Waals surface area contributed by atoms with Crippen LogP contribution in [0.2, 0.25) is 0 Å². The molecule has 8 nitrogen and oxygen atoms in total. The molecule has 3 heterocycles. The van der Waals surface area contributed by atoms with Crippen molar-refractivity contribution >= 4 is 11.7 Å². The minimum atomic E-state index is -2.92. The zero-order valence-corrected chi connectivity index (χ0v) is 20.6. The van der Waals surface area contributed by atoms with Crippen LogP contribution in [0, 0.1) is 5.82 Å². The van der Waals surface area contributed by atoms with Crippen molar-refractivity contribution in [2.45, 2.75) is 13.0 Å². The number of nitrogens with zero attached hydrogens (tertiary/aromatic N) is 6. The molecule has 196 valence electrons. The van der Waals surface area contributed by atoms with Crippen LogP contribution in [0.25, 0.3) is 22.6 Å². The molecule has 0 aliphatic carbocycles. The summed E-state index contributed by atoms with van der Waals surface area (Å²) in [5.41, 5.74) is 2.99. The number of amides is 2. The van der Waals surface area contributed by atoms with Gasteiger partial charge in [0.05, 0.1) is 6.54 Å². The van der Waals surface area contributed by atoms with E-state index in [-0.39, 0.29) is 29.6 Å². The first-order valence-corrected chi connectivity index (χ1v) is 12.0. The standard InChI is InChI=1S/C27H25F3N6O2/c1-34-12-14-35(15-13-34)27(37)36(22-6-4-18(5-7-22)19-8-10-31-11-9-19)17-21-3-2-20(16-23(21)28)25-32-33-26(38-25)24(29)30/h2-11,16,24H,12-15,17H2,1H3. The van der Waals surface area contributed by atoms with Crippen LogP contribution in [0.4, 0.5) is 23.7 Å². The summed E-state index contributed by atoms with van der Waals surface area (Å²) in [4.78, 5) is 23.1. The summed E-state index contributed by atoms with van der Waals surface area (Å²) >= 11 is 0. The van der Waals surface area contributed by atoms with E-state index in [1.54, 1.807) is 22.2 Å². The Hall–Kier alpha value is -4.25. The summed E-state index contributed by atoms with van der Waals surface area (Å²) < 4.78 is 45.7. The van der Waals surface area contributed by atoms with E-state index in [0.29, 0.717) is 18.8 Å². The van der Waals surface area contributed by atoms with Gasteiger partial charge in [-0.25, -0.2) is 9.18 Å². The lowest BCUT2D eigenvalue weighted by Crippen LogP contribution is -2.52. The summed E-state index contributed by atoms with van der Waals surface area (Å²) in [6.45, 7) is 2.58. The van der Waals surface area contributed by atoms with Crippen molar-refractivity contribution in [1.29, 1.82) is 0 Å². The Balaban J connectivity index is 1.42. The van der Waals surface area contributed by atoms with Gasteiger partial charge in [0.25, 0.3) is 5.89 Å². The summed E-state index contributed by atoms with van der Waals surface area (Å²) in [6, 6.07) is 15.2. The topological polar surface area (TPSA) is 78.6 Å². The Morgan fingerprint density at radius 3 is 2.24 bits per heavy atom. The van der Waals surface area contributed by atoms with Gasteiger partial charge in [-0.3, -0.25) is 9.88 Å². The minimum Gasteiger partial charge on any atom is -0.415 e. The number of alkyl halides is 2. The van der Waals surface area contributed by atoms with Gasteiger partial charge in [0.15, 0.2) is 0 Å². The highest BCUT2D eigenvalue weighted by Crippen LogP contribution is 2.28. The molecule has 2 aromatic heterocycles. The molecule has 1 aliphatic heterocycles. The third-order valence-electron chi connectivity index (χ3n) is 6.45. The van der Waals surface area contributed by atoms with E-state index in [4.69, 9.17) is 4.42 Å². The van der Waals surface area contributed by atoms with E-state index in [2.05, 4.69) is 20.1 Å². The fourth-order valence-electron chi connectivity index (χ4n) is 4.23. The lowest BCUT2D eigenvalue weighted by molar-refractivity contribution is 0.116. The van der Waals surface area contributed by atoms with E-state index in [9.17, 15) is 13.6 Å². The van der Waals surface area contributed by atoms with E-state index in [1.807, 2.05) is 43.4 Å². The number of anilines is 1. The molecule has 2 amide bonds. The summed E-state index contributed by atoms with van der Waals surface area (Å²) in [7, 11) is 2.00. The number of carbonyl (C=O) groups excluding carboxylic acids is 1. The molecule has 0 atom stereocenters. The molecule has 0 radical (unpaired) electrons. The lowest BCUT2D eigenvalue weighted by atomic mass is 10.1. The molecule has 0 saturated carbocycles. The lowest BCUT2D eigenvalue weighted by Gasteiger charge is -2.36. The Morgan fingerprint density at radius 1 is 0.947 bits per heavy atom. The van der Waals surface area contributed by atoms with Gasteiger partial charge < -0.3 is 14.2 Å². The summed E-state index contributed by atoms with van der Waals surface area (Å²) in [6.07, 6.45) is 0.502. The molecule has 0 N–H and O–H groups in total. The van der Waals surface area contributed by atoms with E-state index >= 15 is 4.39 Å². The van der Waals surface area contributed by atoms with Crippen LogP contribution in [-0.2, 0) is 6.54 Å². The van der Waals surface area contributed by atoms with E-state index in [0.717, 1.165) is 30.3 Å². The molecule has 1 fully saturated rings. The molecule has 0 spiro atoms. The number of aromatic nitrogens is 3. The van der Waals surface area contributed by atoms with Crippen molar-refractivity contribution in [3.05, 3.63) is 84.3 Å². The molecular weight excluding hydrogens is 497 g/mol. The first-order valence-electron chi connectivity index (χ1n) is 12.0. The third-order valence-corrected chi connectivity index (χ3v) is 6.45. The number of pyridine rings is 1. The van der Waals surface area contributed by atoms with Gasteiger partial charge in [-0.2, -0.15) is 8.78 Å². The monoisotopic (exact) mass is 522 g/mol. The molecule has 1 aliphatic rings. The third kappa shape index (κ3) is 5.52. The quantitative estimate of drug-likeness (QED) is 0.344. The number of urea groups is 1. The second-order valence-corrected chi connectivity index (χ2v) is 8.99. The number of piperazine rings is 1. The number of likely N-dealkylation sites (N-methyl/N-ethyl adjacent to an activating group) is 1. The van der Waals surface area contributed by atoms with E-state index in [1.165, 1.54) is 12.1 Å². The highest BCUT2D eigenvalue weighted by atomic mass is 19.3. The predicted octanol–water partition coefficient (Wildman–Crippen LogP) is 5.25. The van der Waals surface area contributed by atoms with Gasteiger partial charge in [0.1, 0.15) is 5.82 Å². The Kier molecular flexibility index (Phi) is 7.36. The number of benzene rings is 2. The van der Waals surface area contributed by atoms with Gasteiger partial charge in [0, 0.05) is 55.4 Å². The van der Waals surface area contributed by atoms with Crippen LogP contribution in [-0.4, -0.2) is 64.2 Å². The van der Waals surface area contributed by atoms with Crippen LogP contribution in [0.1, 0.15) is 17.9 Å². The van der Waals surface area contributed by atoms with Gasteiger partial charge in [0.2, 0.25) is 5.89 Å². The van der Waals surface area contributed by atoms with Gasteiger partial charge in [-0.05, 0) is 54.6 Å². The molecule has 4 aromatic rings. The smallest absolute Gasteiger partial charge is 0.324 e. The fraction of sp³-hybridized carbons (Fsp3) is 0.259.